The van der Waals surface area contributed by atoms with Crippen LogP contribution in [0, 0.1) is 0 Å². The predicted molar refractivity (Wildman–Crippen MR) is 100 cm³/mol. The maximum atomic E-state index is 5.73. The third kappa shape index (κ3) is 4.83. The number of benzene rings is 2. The molecule has 0 N–H and O–H groups in total. The smallest absolute Gasteiger partial charge is 0.219 e. The van der Waals surface area contributed by atoms with Crippen LogP contribution in [0.4, 0.5) is 0 Å². The SMILES string of the molecule is COc1cccc([C@@H](C)CCc2ccc(Oc3ccccc3)nc2)c1. The Bertz CT molecular complexity index is 785. The van der Waals surface area contributed by atoms with Crippen LogP contribution in [0.1, 0.15) is 30.4 Å². The third-order valence-corrected chi connectivity index (χ3v) is 4.29. The van der Waals surface area contributed by atoms with Gasteiger partial charge >= 0.3 is 0 Å². The van der Waals surface area contributed by atoms with Crippen molar-refractivity contribution in [3.8, 4) is 17.4 Å². The molecular weight excluding hydrogens is 310 g/mol. The van der Waals surface area contributed by atoms with E-state index in [1.54, 1.807) is 7.11 Å². The van der Waals surface area contributed by atoms with Gasteiger partial charge in [0.15, 0.2) is 0 Å². The number of rotatable bonds is 7. The molecule has 0 radical (unpaired) electrons. The van der Waals surface area contributed by atoms with Crippen molar-refractivity contribution in [1.29, 1.82) is 0 Å². The van der Waals surface area contributed by atoms with Crippen LogP contribution in [-0.2, 0) is 6.42 Å². The van der Waals surface area contributed by atoms with Crippen LogP contribution >= 0.6 is 0 Å². The van der Waals surface area contributed by atoms with Gasteiger partial charge in [0.2, 0.25) is 5.88 Å². The van der Waals surface area contributed by atoms with Crippen LogP contribution in [0.15, 0.2) is 72.9 Å². The number of methoxy groups -OCH3 is 1. The van der Waals surface area contributed by atoms with Crippen molar-refractivity contribution < 1.29 is 9.47 Å². The summed E-state index contributed by atoms with van der Waals surface area (Å²) in [6.07, 6.45) is 3.95. The summed E-state index contributed by atoms with van der Waals surface area (Å²) in [7, 11) is 1.70. The van der Waals surface area contributed by atoms with Gasteiger partial charge in [0.05, 0.1) is 7.11 Å². The van der Waals surface area contributed by atoms with Crippen molar-refractivity contribution in [3.05, 3.63) is 84.1 Å². The topological polar surface area (TPSA) is 31.4 Å². The Balaban J connectivity index is 1.56. The molecule has 3 rings (SSSR count). The van der Waals surface area contributed by atoms with Gasteiger partial charge in [0.1, 0.15) is 11.5 Å². The molecule has 0 amide bonds. The van der Waals surface area contributed by atoms with E-state index in [9.17, 15) is 0 Å². The molecule has 0 aliphatic rings. The Morgan fingerprint density at radius 3 is 2.44 bits per heavy atom. The number of hydrogen-bond acceptors (Lipinski definition) is 3. The highest BCUT2D eigenvalue weighted by atomic mass is 16.5. The lowest BCUT2D eigenvalue weighted by Crippen LogP contribution is -1.98. The number of nitrogens with zero attached hydrogens (tertiary/aromatic N) is 1. The molecule has 0 aliphatic heterocycles. The van der Waals surface area contributed by atoms with Crippen LogP contribution in [0.3, 0.4) is 0 Å². The highest BCUT2D eigenvalue weighted by Gasteiger charge is 2.07. The lowest BCUT2D eigenvalue weighted by atomic mass is 9.94. The van der Waals surface area contributed by atoms with E-state index in [0.29, 0.717) is 11.8 Å². The first kappa shape index (κ1) is 17.0. The van der Waals surface area contributed by atoms with E-state index in [-0.39, 0.29) is 0 Å². The lowest BCUT2D eigenvalue weighted by molar-refractivity contribution is 0.413. The van der Waals surface area contributed by atoms with E-state index in [0.717, 1.165) is 24.3 Å². The number of ether oxygens (including phenoxy) is 2. The fourth-order valence-electron chi connectivity index (χ4n) is 2.73. The minimum Gasteiger partial charge on any atom is -0.497 e. The van der Waals surface area contributed by atoms with Gasteiger partial charge in [-0.3, -0.25) is 0 Å². The average Bonchev–Trinajstić information content (AvgIpc) is 2.68. The molecule has 128 valence electrons. The van der Waals surface area contributed by atoms with E-state index in [4.69, 9.17) is 9.47 Å². The van der Waals surface area contributed by atoms with Crippen molar-refractivity contribution in [2.45, 2.75) is 25.7 Å². The third-order valence-electron chi connectivity index (χ3n) is 4.29. The van der Waals surface area contributed by atoms with Gasteiger partial charge in [-0.25, -0.2) is 4.98 Å². The van der Waals surface area contributed by atoms with Crippen molar-refractivity contribution in [3.63, 3.8) is 0 Å². The zero-order valence-corrected chi connectivity index (χ0v) is 14.7. The number of para-hydroxylation sites is 1. The summed E-state index contributed by atoms with van der Waals surface area (Å²) in [6.45, 7) is 2.25. The molecule has 3 nitrogen and oxygen atoms in total. The summed E-state index contributed by atoms with van der Waals surface area (Å²) in [5.74, 6) is 2.80. The standard InChI is InChI=1S/C22H23NO2/c1-17(19-7-6-10-21(15-19)24-2)11-12-18-13-14-22(23-16-18)25-20-8-4-3-5-9-20/h3-10,13-17H,11-12H2,1-2H3/t17-/m0/s1. The maximum absolute atomic E-state index is 5.73. The minimum absolute atomic E-state index is 0.468. The van der Waals surface area contributed by atoms with E-state index >= 15 is 0 Å². The van der Waals surface area contributed by atoms with E-state index in [1.165, 1.54) is 11.1 Å². The van der Waals surface area contributed by atoms with Gasteiger partial charge in [-0.15, -0.1) is 0 Å². The van der Waals surface area contributed by atoms with E-state index < -0.39 is 0 Å². The molecule has 0 saturated heterocycles. The molecule has 25 heavy (non-hydrogen) atoms. The molecule has 0 spiro atoms. The Morgan fingerprint density at radius 1 is 0.920 bits per heavy atom. The number of aromatic nitrogens is 1. The summed E-state index contributed by atoms with van der Waals surface area (Å²) >= 11 is 0. The fraction of sp³-hybridized carbons (Fsp3) is 0.227. The molecule has 0 bridgehead atoms. The Hall–Kier alpha value is -2.81. The predicted octanol–water partition coefficient (Wildman–Crippen LogP) is 5.62. The maximum Gasteiger partial charge on any atom is 0.219 e. The van der Waals surface area contributed by atoms with Crippen LogP contribution in [0.5, 0.6) is 17.4 Å². The van der Waals surface area contributed by atoms with Gasteiger partial charge in [-0.05, 0) is 54.2 Å². The Morgan fingerprint density at radius 2 is 1.72 bits per heavy atom. The largest absolute Gasteiger partial charge is 0.497 e. The summed E-state index contributed by atoms with van der Waals surface area (Å²) in [4.78, 5) is 4.41. The van der Waals surface area contributed by atoms with Crippen LogP contribution in [0.2, 0.25) is 0 Å². The van der Waals surface area contributed by atoms with Crippen molar-refractivity contribution in [2.24, 2.45) is 0 Å². The highest BCUT2D eigenvalue weighted by molar-refractivity contribution is 5.31. The first-order valence-corrected chi connectivity index (χ1v) is 8.56. The van der Waals surface area contributed by atoms with E-state index in [1.807, 2.05) is 54.7 Å². The zero-order chi connectivity index (χ0) is 17.5. The molecule has 3 heteroatoms. The van der Waals surface area contributed by atoms with Gasteiger partial charge < -0.3 is 9.47 Å². The van der Waals surface area contributed by atoms with Crippen LogP contribution in [-0.4, -0.2) is 12.1 Å². The second kappa shape index (κ2) is 8.34. The van der Waals surface area contributed by atoms with Gasteiger partial charge in [0, 0.05) is 12.3 Å². The quantitative estimate of drug-likeness (QED) is 0.562. The normalized spacial score (nSPS) is 11.8. The molecule has 1 atom stereocenters. The Kier molecular flexibility index (Phi) is 5.68. The minimum atomic E-state index is 0.468. The molecule has 2 aromatic carbocycles. The first-order chi connectivity index (χ1) is 12.2. The summed E-state index contributed by atoms with van der Waals surface area (Å²) in [6, 6.07) is 22.0. The number of pyridine rings is 1. The summed E-state index contributed by atoms with van der Waals surface area (Å²) in [5, 5.41) is 0. The molecular formula is C22H23NO2. The fourth-order valence-corrected chi connectivity index (χ4v) is 2.73. The molecule has 1 aromatic heterocycles. The second-order valence-electron chi connectivity index (χ2n) is 6.14. The second-order valence-corrected chi connectivity index (χ2v) is 6.14. The first-order valence-electron chi connectivity index (χ1n) is 8.56. The Labute approximate surface area is 149 Å². The number of aryl methyl sites for hydroxylation is 1. The van der Waals surface area contributed by atoms with Crippen molar-refractivity contribution in [2.75, 3.05) is 7.11 Å². The highest BCUT2D eigenvalue weighted by Crippen LogP contribution is 2.25. The molecule has 3 aromatic rings. The monoisotopic (exact) mass is 333 g/mol. The van der Waals surface area contributed by atoms with Crippen LogP contribution < -0.4 is 9.47 Å². The van der Waals surface area contributed by atoms with Crippen molar-refractivity contribution in [1.82, 2.24) is 4.98 Å². The summed E-state index contributed by atoms with van der Waals surface area (Å²) < 4.78 is 11.0. The van der Waals surface area contributed by atoms with Crippen LogP contribution in [0.25, 0.3) is 0 Å². The average molecular weight is 333 g/mol. The van der Waals surface area contributed by atoms with Crippen molar-refractivity contribution >= 4 is 0 Å². The summed E-state index contributed by atoms with van der Waals surface area (Å²) in [5.41, 5.74) is 2.52. The molecule has 1 heterocycles. The van der Waals surface area contributed by atoms with Gasteiger partial charge in [0.25, 0.3) is 0 Å². The van der Waals surface area contributed by atoms with E-state index in [2.05, 4.69) is 30.1 Å². The zero-order valence-electron chi connectivity index (χ0n) is 14.7. The lowest BCUT2D eigenvalue weighted by Gasteiger charge is -2.13. The van der Waals surface area contributed by atoms with Gasteiger partial charge in [-0.1, -0.05) is 43.3 Å². The molecule has 0 aliphatic carbocycles. The number of hydrogen-bond donors (Lipinski definition) is 0. The molecule has 0 fully saturated rings. The molecule has 0 saturated carbocycles. The molecule has 0 unspecified atom stereocenters. The van der Waals surface area contributed by atoms with Gasteiger partial charge in [-0.2, -0.15) is 0 Å².